The molecule has 14 heteroatoms. The molecule has 0 fully saturated rings. The van der Waals surface area contributed by atoms with Gasteiger partial charge in [0.15, 0.2) is 5.41 Å². The number of carboxylic acid groups (broad SMARTS) is 1. The maximum Gasteiger partial charge on any atom is 0.415 e. The minimum absolute atomic E-state index is 0.205. The highest BCUT2D eigenvalue weighted by Gasteiger charge is 2.98. The number of hydrogen-bond acceptors (Lipinski definition) is 1. The Labute approximate surface area is 131 Å². The van der Waals surface area contributed by atoms with E-state index < -0.39 is 46.9 Å². The van der Waals surface area contributed by atoms with Crippen LogP contribution in [0.4, 0.5) is 52.7 Å². The van der Waals surface area contributed by atoms with Crippen molar-refractivity contribution in [2.45, 2.75) is 45.5 Å². The van der Waals surface area contributed by atoms with Crippen molar-refractivity contribution in [3.8, 4) is 0 Å². The molecule has 0 atom stereocenters. The van der Waals surface area contributed by atoms with Gasteiger partial charge in [-0.1, -0.05) is 20.8 Å². The number of carboxylic acids is 1. The first-order chi connectivity index (χ1) is 10.4. The molecule has 2 nitrogen and oxygen atoms in total. The van der Waals surface area contributed by atoms with Crippen molar-refractivity contribution in [1.29, 1.82) is 0 Å². The monoisotopic (exact) mass is 402 g/mol. The molecule has 25 heavy (non-hydrogen) atoms. The smallest absolute Gasteiger partial charge is 0.415 e. The molecule has 0 unspecified atom stereocenters. The largest absolute Gasteiger partial charge is 0.480 e. The predicted octanol–water partition coefficient (Wildman–Crippen LogP) is 5.34. The van der Waals surface area contributed by atoms with E-state index in [0.29, 0.717) is 0 Å². The number of hydrogen-bond donors (Lipinski definition) is 1. The molecule has 0 aliphatic carbocycles. The third-order valence-corrected chi connectivity index (χ3v) is 3.71. The lowest BCUT2D eigenvalue weighted by Crippen LogP contribution is -2.77. The third-order valence-electron chi connectivity index (χ3n) is 3.71. The Morgan fingerprint density at radius 1 is 0.600 bits per heavy atom. The molecule has 0 aromatic carbocycles. The lowest BCUT2D eigenvalue weighted by molar-refractivity contribution is -0.480. The number of rotatable bonds is 2. The zero-order chi connectivity index (χ0) is 21.1. The normalized spacial score (nSPS) is 16.1. The molecule has 0 radical (unpaired) electrons. The lowest BCUT2D eigenvalue weighted by Gasteiger charge is -2.55. The highest BCUT2D eigenvalue weighted by Crippen LogP contribution is 2.75. The van der Waals surface area contributed by atoms with Gasteiger partial charge in [0.25, 0.3) is 5.41 Å². The molecule has 0 bridgehead atoms. The molecule has 0 spiro atoms. The van der Waals surface area contributed by atoms with E-state index >= 15 is 0 Å². The molecule has 0 saturated heterocycles. The average molecular weight is 402 g/mol. The van der Waals surface area contributed by atoms with Crippen LogP contribution in [0.2, 0.25) is 0 Å². The van der Waals surface area contributed by atoms with E-state index in [1.54, 1.807) is 0 Å². The van der Waals surface area contributed by atoms with Gasteiger partial charge in [-0.15, -0.1) is 0 Å². The number of halogens is 12. The first-order valence-electron chi connectivity index (χ1n) is 5.95. The molecular weight excluding hydrogens is 392 g/mol. The standard InChI is InChI=1S/C11H10F12O2/c1-5(2,3)7(10(18,19)20,11(21,22)23)6(4(24)25,8(12,13)14)9(15,16)17/h1-3H3,(H,24,25). The second-order valence-electron chi connectivity index (χ2n) is 6.05. The van der Waals surface area contributed by atoms with E-state index in [9.17, 15) is 57.5 Å². The fourth-order valence-corrected chi connectivity index (χ4v) is 2.99. The molecule has 150 valence electrons. The zero-order valence-corrected chi connectivity index (χ0v) is 12.4. The van der Waals surface area contributed by atoms with Crippen molar-refractivity contribution in [1.82, 2.24) is 0 Å². The van der Waals surface area contributed by atoms with Crippen LogP contribution in [0.5, 0.6) is 0 Å². The Balaban J connectivity index is 7.99. The fraction of sp³-hybridized carbons (Fsp3) is 0.909. The van der Waals surface area contributed by atoms with Crippen LogP contribution in [-0.4, -0.2) is 35.8 Å². The minimum atomic E-state index is -7.49. The van der Waals surface area contributed by atoms with Gasteiger partial charge in [0, 0.05) is 0 Å². The third kappa shape index (κ3) is 2.80. The van der Waals surface area contributed by atoms with Gasteiger partial charge in [-0.2, -0.15) is 52.7 Å². The van der Waals surface area contributed by atoms with E-state index in [1.807, 2.05) is 0 Å². The first-order valence-corrected chi connectivity index (χ1v) is 5.95. The van der Waals surface area contributed by atoms with Gasteiger partial charge in [0.1, 0.15) is 0 Å². The first kappa shape index (κ1) is 23.6. The van der Waals surface area contributed by atoms with Gasteiger partial charge in [0.05, 0.1) is 0 Å². The Morgan fingerprint density at radius 3 is 0.880 bits per heavy atom. The molecule has 0 aromatic heterocycles. The second-order valence-corrected chi connectivity index (χ2v) is 6.05. The van der Waals surface area contributed by atoms with Gasteiger partial charge < -0.3 is 5.11 Å². The van der Waals surface area contributed by atoms with Crippen molar-refractivity contribution in [3.63, 3.8) is 0 Å². The van der Waals surface area contributed by atoms with E-state index in [1.165, 1.54) is 0 Å². The van der Waals surface area contributed by atoms with Crippen molar-refractivity contribution in [2.24, 2.45) is 16.2 Å². The SMILES string of the molecule is CC(C)(C)C(C(F)(F)F)(C(F)(F)F)C(C(=O)O)(C(F)(F)F)C(F)(F)F. The molecule has 0 aliphatic rings. The quantitative estimate of drug-likeness (QED) is 0.634. The van der Waals surface area contributed by atoms with Gasteiger partial charge in [-0.25, -0.2) is 0 Å². The zero-order valence-electron chi connectivity index (χ0n) is 12.4. The van der Waals surface area contributed by atoms with E-state index in [4.69, 9.17) is 5.11 Å². The van der Waals surface area contributed by atoms with Gasteiger partial charge >= 0.3 is 30.7 Å². The summed E-state index contributed by atoms with van der Waals surface area (Å²) in [5.74, 6) is -4.36. The van der Waals surface area contributed by atoms with Crippen LogP contribution in [0.1, 0.15) is 20.8 Å². The summed E-state index contributed by atoms with van der Waals surface area (Å²) >= 11 is 0. The molecule has 0 amide bonds. The summed E-state index contributed by atoms with van der Waals surface area (Å²) in [5, 5.41) is 8.48. The maximum absolute atomic E-state index is 13.3. The summed E-state index contributed by atoms with van der Waals surface area (Å²) in [6.45, 7) is -0.616. The van der Waals surface area contributed by atoms with Gasteiger partial charge in [-0.3, -0.25) is 4.79 Å². The molecule has 0 saturated carbocycles. The number of carbonyl (C=O) groups is 1. The topological polar surface area (TPSA) is 37.3 Å². The van der Waals surface area contributed by atoms with Gasteiger partial charge in [-0.05, 0) is 5.41 Å². The minimum Gasteiger partial charge on any atom is -0.480 e. The summed E-state index contributed by atoms with van der Waals surface area (Å²) in [6.07, 6.45) is -29.6. The highest BCUT2D eigenvalue weighted by molar-refractivity contribution is 5.79. The van der Waals surface area contributed by atoms with Crippen LogP contribution in [0.15, 0.2) is 0 Å². The van der Waals surface area contributed by atoms with Gasteiger partial charge in [0.2, 0.25) is 0 Å². The van der Waals surface area contributed by atoms with Crippen LogP contribution in [0.3, 0.4) is 0 Å². The van der Waals surface area contributed by atoms with Crippen LogP contribution >= 0.6 is 0 Å². The number of alkyl halides is 12. The van der Waals surface area contributed by atoms with Crippen molar-refractivity contribution in [3.05, 3.63) is 0 Å². The summed E-state index contributed by atoms with van der Waals surface area (Å²) in [4.78, 5) is 10.9. The highest BCUT2D eigenvalue weighted by atomic mass is 19.4. The number of aliphatic carboxylic acids is 1. The fourth-order valence-electron chi connectivity index (χ4n) is 2.99. The van der Waals surface area contributed by atoms with Crippen molar-refractivity contribution in [2.75, 3.05) is 0 Å². The van der Waals surface area contributed by atoms with E-state index in [2.05, 4.69) is 0 Å². The Morgan fingerprint density at radius 2 is 0.840 bits per heavy atom. The van der Waals surface area contributed by atoms with Crippen LogP contribution in [0, 0.1) is 16.2 Å². The van der Waals surface area contributed by atoms with Crippen LogP contribution < -0.4 is 0 Å². The van der Waals surface area contributed by atoms with Crippen molar-refractivity contribution >= 4 is 5.97 Å². The Bertz CT molecular complexity index is 464. The average Bonchev–Trinajstić information content (AvgIpc) is 2.14. The predicted molar refractivity (Wildman–Crippen MR) is 56.2 cm³/mol. The summed E-state index contributed by atoms with van der Waals surface area (Å²) < 4.78 is 158. The summed E-state index contributed by atoms with van der Waals surface area (Å²) in [7, 11) is 0. The molecule has 0 aromatic rings. The second kappa shape index (κ2) is 5.56. The maximum atomic E-state index is 13.3. The Kier molecular flexibility index (Phi) is 5.26. The summed E-state index contributed by atoms with van der Waals surface area (Å²) in [6, 6.07) is 0. The van der Waals surface area contributed by atoms with E-state index in [-0.39, 0.29) is 20.8 Å². The van der Waals surface area contributed by atoms with Crippen LogP contribution in [-0.2, 0) is 4.79 Å². The molecule has 0 rings (SSSR count). The Hall–Kier alpha value is -1.37. The molecular formula is C11H10F12O2. The lowest BCUT2D eigenvalue weighted by atomic mass is 9.50. The summed E-state index contributed by atoms with van der Waals surface area (Å²) in [5.41, 5.74) is -17.8. The molecule has 0 heterocycles. The molecule has 1 N–H and O–H groups in total. The van der Waals surface area contributed by atoms with Crippen LogP contribution in [0.25, 0.3) is 0 Å². The van der Waals surface area contributed by atoms with Crippen molar-refractivity contribution < 1.29 is 62.6 Å². The molecule has 0 aliphatic heterocycles. The van der Waals surface area contributed by atoms with E-state index in [0.717, 1.165) is 0 Å².